The van der Waals surface area contributed by atoms with Crippen molar-refractivity contribution in [3.05, 3.63) is 57.3 Å². The second-order valence-electron chi connectivity index (χ2n) is 5.24. The van der Waals surface area contributed by atoms with Crippen LogP contribution in [0.4, 0.5) is 0 Å². The Morgan fingerprint density at radius 1 is 1.35 bits per heavy atom. The van der Waals surface area contributed by atoms with Crippen LogP contribution in [0.3, 0.4) is 0 Å². The molecular weight excluding hydrogens is 266 g/mol. The number of thiophene rings is 1. The standard InChI is InChI=1S/C17H21NOS/c1-3-18-15(17-12(2)9-11-20-17)16-14-7-5-4-6-13(14)8-10-19-16/h4-7,9,11,15-16,18H,3,8,10H2,1-2H3. The summed E-state index contributed by atoms with van der Waals surface area (Å²) in [6, 6.07) is 11.1. The van der Waals surface area contributed by atoms with Crippen molar-refractivity contribution >= 4 is 11.3 Å². The Bertz CT molecular complexity index is 578. The molecule has 106 valence electrons. The van der Waals surface area contributed by atoms with Crippen LogP contribution in [0.15, 0.2) is 35.7 Å². The van der Waals surface area contributed by atoms with E-state index < -0.39 is 0 Å². The van der Waals surface area contributed by atoms with Crippen LogP contribution in [0.2, 0.25) is 0 Å². The zero-order chi connectivity index (χ0) is 13.9. The van der Waals surface area contributed by atoms with Crippen LogP contribution >= 0.6 is 11.3 Å². The molecule has 2 heterocycles. The summed E-state index contributed by atoms with van der Waals surface area (Å²) in [5, 5.41) is 5.79. The number of aryl methyl sites for hydroxylation is 1. The molecule has 1 aromatic carbocycles. The van der Waals surface area contributed by atoms with Gasteiger partial charge in [-0.2, -0.15) is 0 Å². The first kappa shape index (κ1) is 13.8. The highest BCUT2D eigenvalue weighted by molar-refractivity contribution is 7.10. The predicted octanol–water partition coefficient (Wildman–Crippen LogP) is 4.02. The second-order valence-corrected chi connectivity index (χ2v) is 6.19. The van der Waals surface area contributed by atoms with Gasteiger partial charge in [-0.05, 0) is 48.0 Å². The predicted molar refractivity (Wildman–Crippen MR) is 84.3 cm³/mol. The Kier molecular flexibility index (Phi) is 4.20. The topological polar surface area (TPSA) is 21.3 Å². The molecule has 0 aliphatic carbocycles. The van der Waals surface area contributed by atoms with E-state index in [1.165, 1.54) is 21.6 Å². The van der Waals surface area contributed by atoms with Crippen LogP contribution in [0.1, 0.15) is 40.6 Å². The molecule has 0 amide bonds. The zero-order valence-electron chi connectivity index (χ0n) is 12.1. The maximum atomic E-state index is 6.14. The molecule has 1 N–H and O–H groups in total. The molecule has 1 aliphatic heterocycles. The summed E-state index contributed by atoms with van der Waals surface area (Å²) < 4.78 is 6.14. The Hall–Kier alpha value is -1.16. The average molecular weight is 287 g/mol. The minimum atomic E-state index is 0.122. The van der Waals surface area contributed by atoms with E-state index in [2.05, 4.69) is 54.9 Å². The number of fused-ring (bicyclic) bond motifs is 1. The number of hydrogen-bond acceptors (Lipinski definition) is 3. The van der Waals surface area contributed by atoms with Crippen LogP contribution < -0.4 is 5.32 Å². The normalized spacial score (nSPS) is 19.6. The first-order chi connectivity index (χ1) is 9.81. The Labute approximate surface area is 124 Å². The molecule has 3 rings (SSSR count). The van der Waals surface area contributed by atoms with Crippen LogP contribution in [0.5, 0.6) is 0 Å². The summed E-state index contributed by atoms with van der Waals surface area (Å²) in [7, 11) is 0. The summed E-state index contributed by atoms with van der Waals surface area (Å²) in [6.45, 7) is 6.10. The van der Waals surface area contributed by atoms with Gasteiger partial charge in [0, 0.05) is 4.88 Å². The van der Waals surface area contributed by atoms with Gasteiger partial charge >= 0.3 is 0 Å². The van der Waals surface area contributed by atoms with E-state index in [0.29, 0.717) is 0 Å². The van der Waals surface area contributed by atoms with Gasteiger partial charge in [0.25, 0.3) is 0 Å². The lowest BCUT2D eigenvalue weighted by atomic mass is 9.92. The minimum absolute atomic E-state index is 0.122. The van der Waals surface area contributed by atoms with Crippen molar-refractivity contribution in [1.82, 2.24) is 5.32 Å². The molecule has 0 saturated heterocycles. The summed E-state index contributed by atoms with van der Waals surface area (Å²) in [6.07, 6.45) is 1.15. The molecule has 2 unspecified atom stereocenters. The van der Waals surface area contributed by atoms with E-state index in [-0.39, 0.29) is 12.1 Å². The van der Waals surface area contributed by atoms with Crippen molar-refractivity contribution in [3.8, 4) is 0 Å². The van der Waals surface area contributed by atoms with Gasteiger partial charge in [-0.25, -0.2) is 0 Å². The van der Waals surface area contributed by atoms with Gasteiger partial charge in [0.2, 0.25) is 0 Å². The fraction of sp³-hybridized carbons (Fsp3) is 0.412. The molecule has 2 atom stereocenters. The van der Waals surface area contributed by atoms with Crippen molar-refractivity contribution in [3.63, 3.8) is 0 Å². The molecular formula is C17H21NOS. The van der Waals surface area contributed by atoms with E-state index in [0.717, 1.165) is 19.6 Å². The molecule has 2 aromatic rings. The van der Waals surface area contributed by atoms with E-state index in [1.54, 1.807) is 0 Å². The molecule has 20 heavy (non-hydrogen) atoms. The minimum Gasteiger partial charge on any atom is -0.371 e. The van der Waals surface area contributed by atoms with Crippen LogP contribution in [0, 0.1) is 6.92 Å². The molecule has 0 bridgehead atoms. The molecule has 1 aromatic heterocycles. The molecule has 0 saturated carbocycles. The van der Waals surface area contributed by atoms with Crippen molar-refractivity contribution < 1.29 is 4.74 Å². The lowest BCUT2D eigenvalue weighted by molar-refractivity contribution is 0.0158. The number of ether oxygens (including phenoxy) is 1. The number of benzene rings is 1. The Morgan fingerprint density at radius 2 is 2.20 bits per heavy atom. The molecule has 2 nitrogen and oxygen atoms in total. The highest BCUT2D eigenvalue weighted by Crippen LogP contribution is 2.39. The summed E-state index contributed by atoms with van der Waals surface area (Å²) in [5.41, 5.74) is 4.13. The Morgan fingerprint density at radius 3 is 2.95 bits per heavy atom. The molecule has 0 spiro atoms. The zero-order valence-corrected chi connectivity index (χ0v) is 12.9. The third kappa shape index (κ3) is 2.53. The van der Waals surface area contributed by atoms with Crippen LogP contribution in [-0.2, 0) is 11.2 Å². The van der Waals surface area contributed by atoms with Gasteiger partial charge < -0.3 is 10.1 Å². The molecule has 0 fully saturated rings. The molecule has 1 aliphatic rings. The fourth-order valence-electron chi connectivity index (χ4n) is 2.96. The second kappa shape index (κ2) is 6.08. The van der Waals surface area contributed by atoms with E-state index in [4.69, 9.17) is 4.74 Å². The van der Waals surface area contributed by atoms with Gasteiger partial charge in [-0.15, -0.1) is 11.3 Å². The number of nitrogens with one attached hydrogen (secondary N) is 1. The smallest absolute Gasteiger partial charge is 0.103 e. The van der Waals surface area contributed by atoms with Crippen LogP contribution in [-0.4, -0.2) is 13.2 Å². The monoisotopic (exact) mass is 287 g/mol. The van der Waals surface area contributed by atoms with E-state index in [1.807, 2.05) is 11.3 Å². The maximum absolute atomic E-state index is 6.14. The van der Waals surface area contributed by atoms with Gasteiger partial charge in [-0.3, -0.25) is 0 Å². The maximum Gasteiger partial charge on any atom is 0.103 e. The summed E-state index contributed by atoms with van der Waals surface area (Å²) in [5.74, 6) is 0. The third-order valence-electron chi connectivity index (χ3n) is 3.94. The van der Waals surface area contributed by atoms with Crippen molar-refractivity contribution in [1.29, 1.82) is 0 Å². The first-order valence-corrected chi connectivity index (χ1v) is 8.16. The van der Waals surface area contributed by atoms with Crippen molar-refractivity contribution in [2.24, 2.45) is 0 Å². The van der Waals surface area contributed by atoms with Gasteiger partial charge in [0.1, 0.15) is 6.10 Å². The van der Waals surface area contributed by atoms with Gasteiger partial charge in [0.05, 0.1) is 12.6 Å². The fourth-order valence-corrected chi connectivity index (χ4v) is 3.99. The number of rotatable bonds is 4. The van der Waals surface area contributed by atoms with Gasteiger partial charge in [-0.1, -0.05) is 31.2 Å². The van der Waals surface area contributed by atoms with Crippen molar-refractivity contribution in [2.75, 3.05) is 13.2 Å². The lowest BCUT2D eigenvalue weighted by Gasteiger charge is -2.33. The molecule has 0 radical (unpaired) electrons. The van der Waals surface area contributed by atoms with Gasteiger partial charge in [0.15, 0.2) is 0 Å². The molecule has 3 heteroatoms. The average Bonchev–Trinajstić information content (AvgIpc) is 2.90. The van der Waals surface area contributed by atoms with Crippen molar-refractivity contribution in [2.45, 2.75) is 32.4 Å². The number of likely N-dealkylation sites (N-methyl/N-ethyl adjacent to an activating group) is 1. The lowest BCUT2D eigenvalue weighted by Crippen LogP contribution is -2.31. The van der Waals surface area contributed by atoms with E-state index in [9.17, 15) is 0 Å². The van der Waals surface area contributed by atoms with Crippen LogP contribution in [0.25, 0.3) is 0 Å². The summed E-state index contributed by atoms with van der Waals surface area (Å²) >= 11 is 1.82. The quantitative estimate of drug-likeness (QED) is 0.917. The third-order valence-corrected chi connectivity index (χ3v) is 5.04. The summed E-state index contributed by atoms with van der Waals surface area (Å²) in [4.78, 5) is 1.40. The highest BCUT2D eigenvalue weighted by atomic mass is 32.1. The Balaban J connectivity index is 1.99. The highest BCUT2D eigenvalue weighted by Gasteiger charge is 2.30. The largest absolute Gasteiger partial charge is 0.371 e. The number of hydrogen-bond donors (Lipinski definition) is 1. The first-order valence-electron chi connectivity index (χ1n) is 7.28. The SMILES string of the molecule is CCNC(c1sccc1C)C1OCCc2ccccc21. The van der Waals surface area contributed by atoms with E-state index >= 15 is 0 Å².